The van der Waals surface area contributed by atoms with Crippen molar-refractivity contribution in [3.8, 4) is 11.1 Å². The van der Waals surface area contributed by atoms with Crippen LogP contribution >= 0.6 is 0 Å². The van der Waals surface area contributed by atoms with E-state index in [2.05, 4.69) is 10.1 Å². The number of halogens is 3. The van der Waals surface area contributed by atoms with E-state index in [1.165, 1.54) is 24.7 Å². The Morgan fingerprint density at radius 2 is 1.85 bits per heavy atom. The van der Waals surface area contributed by atoms with Gasteiger partial charge in [0.05, 0.1) is 11.3 Å². The highest BCUT2D eigenvalue weighted by Gasteiger charge is 2.44. The highest BCUT2D eigenvalue weighted by Crippen LogP contribution is 2.36. The van der Waals surface area contributed by atoms with Gasteiger partial charge in [0.15, 0.2) is 9.84 Å². The van der Waals surface area contributed by atoms with E-state index in [4.69, 9.17) is 10.0 Å². The smallest absolute Gasteiger partial charge is 0.392 e. The lowest BCUT2D eigenvalue weighted by molar-refractivity contribution is -0.137. The molecule has 0 saturated heterocycles. The zero-order valence-corrected chi connectivity index (χ0v) is 18.6. The number of carbonyl (C=O) groups is 1. The van der Waals surface area contributed by atoms with Gasteiger partial charge in [-0.15, -0.1) is 0 Å². The summed E-state index contributed by atoms with van der Waals surface area (Å²) < 4.78 is 62.0. The number of sulfone groups is 1. The third kappa shape index (κ3) is 5.17. The number of amides is 1. The first-order valence-corrected chi connectivity index (χ1v) is 11.7. The molecule has 33 heavy (non-hydrogen) atoms. The Kier molecular flexibility index (Phi) is 6.80. The summed E-state index contributed by atoms with van der Waals surface area (Å²) in [5.41, 5.74) is 2.12. The molecule has 1 aliphatic rings. The number of nitrogens with one attached hydrogen (secondary N) is 1. The normalized spacial score (nSPS) is 18.2. The van der Waals surface area contributed by atoms with Crippen molar-refractivity contribution in [3.05, 3.63) is 53.9 Å². The third-order valence-electron chi connectivity index (χ3n) is 5.73. The maximum atomic E-state index is 13.3. The van der Waals surface area contributed by atoms with E-state index in [0.717, 1.165) is 12.5 Å². The lowest BCUT2D eigenvalue weighted by Gasteiger charge is -2.25. The molecule has 0 radical (unpaired) electrons. The first-order valence-electron chi connectivity index (χ1n) is 9.85. The number of hydroxylamine groups is 1. The molecule has 1 aromatic carbocycles. The molecule has 2 N–H and O–H groups in total. The predicted octanol–water partition coefficient (Wildman–Crippen LogP) is 3.35. The topological polar surface area (TPSA) is 118 Å². The zero-order chi connectivity index (χ0) is 24.4. The number of nitrogens with zero attached hydrogens (tertiary/aromatic N) is 2. The molecule has 1 aliphatic heterocycles. The van der Waals surface area contributed by atoms with E-state index in [1.807, 2.05) is 0 Å². The molecule has 1 amide bonds. The highest BCUT2D eigenvalue weighted by molar-refractivity contribution is 7.92. The van der Waals surface area contributed by atoms with Crippen LogP contribution < -0.4 is 5.48 Å². The van der Waals surface area contributed by atoms with Crippen molar-refractivity contribution in [3.63, 3.8) is 0 Å². The molecular weight excluding hydrogens is 463 g/mol. The minimum atomic E-state index is -4.54. The van der Waals surface area contributed by atoms with Gasteiger partial charge in [-0.1, -0.05) is 29.4 Å². The van der Waals surface area contributed by atoms with Gasteiger partial charge < -0.3 is 4.84 Å². The van der Waals surface area contributed by atoms with Gasteiger partial charge in [-0.2, -0.15) is 13.2 Å². The van der Waals surface area contributed by atoms with Gasteiger partial charge in [-0.3, -0.25) is 15.0 Å². The Morgan fingerprint density at radius 1 is 1.21 bits per heavy atom. The Hall–Kier alpha value is -2.99. The van der Waals surface area contributed by atoms with Gasteiger partial charge in [-0.25, -0.2) is 13.9 Å². The van der Waals surface area contributed by atoms with Crippen LogP contribution in [0.1, 0.15) is 37.3 Å². The first kappa shape index (κ1) is 24.6. The number of oxime groups is 1. The minimum Gasteiger partial charge on any atom is -0.392 e. The van der Waals surface area contributed by atoms with E-state index in [9.17, 15) is 26.4 Å². The summed E-state index contributed by atoms with van der Waals surface area (Å²) in [5, 5.41) is 12.9. The Balaban J connectivity index is 1.70. The van der Waals surface area contributed by atoms with Crippen molar-refractivity contribution in [2.45, 2.75) is 43.2 Å². The fourth-order valence-electron chi connectivity index (χ4n) is 3.49. The van der Waals surface area contributed by atoms with Gasteiger partial charge in [-0.05, 0) is 42.5 Å². The second kappa shape index (κ2) is 9.10. The molecule has 0 fully saturated rings. The molecule has 2 atom stereocenters. The summed E-state index contributed by atoms with van der Waals surface area (Å²) in [5.74, 6) is -1.03. The van der Waals surface area contributed by atoms with E-state index in [1.54, 1.807) is 24.3 Å². The van der Waals surface area contributed by atoms with Crippen molar-refractivity contribution in [1.29, 1.82) is 0 Å². The summed E-state index contributed by atoms with van der Waals surface area (Å²) in [7, 11) is -3.83. The van der Waals surface area contributed by atoms with Crippen LogP contribution in [-0.4, -0.2) is 47.3 Å². The Morgan fingerprint density at radius 3 is 2.42 bits per heavy atom. The van der Waals surface area contributed by atoms with Crippen molar-refractivity contribution < 1.29 is 36.4 Å². The zero-order valence-electron chi connectivity index (χ0n) is 17.8. The minimum absolute atomic E-state index is 0.00811. The number of hydrogen-bond acceptors (Lipinski definition) is 7. The van der Waals surface area contributed by atoms with Crippen LogP contribution in [0.15, 0.2) is 47.9 Å². The molecule has 8 nitrogen and oxygen atoms in total. The molecule has 0 unspecified atom stereocenters. The Labute approximate surface area is 188 Å². The van der Waals surface area contributed by atoms with Crippen LogP contribution in [0.25, 0.3) is 11.1 Å². The fourth-order valence-corrected chi connectivity index (χ4v) is 4.36. The maximum Gasteiger partial charge on any atom is 0.418 e. The lowest BCUT2D eigenvalue weighted by atomic mass is 9.95. The molecule has 12 heteroatoms. The van der Waals surface area contributed by atoms with Gasteiger partial charge in [0, 0.05) is 25.1 Å². The van der Waals surface area contributed by atoms with Gasteiger partial charge in [0.25, 0.3) is 5.91 Å². The van der Waals surface area contributed by atoms with Crippen molar-refractivity contribution in [2.75, 3.05) is 6.26 Å². The molecule has 0 spiro atoms. The number of alkyl halides is 3. The molecule has 0 bridgehead atoms. The first-order chi connectivity index (χ1) is 15.4. The predicted molar refractivity (Wildman–Crippen MR) is 113 cm³/mol. The molecule has 0 saturated carbocycles. The van der Waals surface area contributed by atoms with Gasteiger partial charge >= 0.3 is 6.18 Å². The van der Waals surface area contributed by atoms with Crippen LogP contribution in [0.2, 0.25) is 0 Å². The highest BCUT2D eigenvalue weighted by atomic mass is 32.2. The number of benzene rings is 1. The van der Waals surface area contributed by atoms with Crippen LogP contribution in [0.3, 0.4) is 0 Å². The van der Waals surface area contributed by atoms with Crippen molar-refractivity contribution in [2.24, 2.45) is 5.16 Å². The van der Waals surface area contributed by atoms with Crippen LogP contribution in [0.5, 0.6) is 0 Å². The van der Waals surface area contributed by atoms with E-state index >= 15 is 0 Å². The molecule has 0 aliphatic carbocycles. The molecule has 1 aromatic heterocycles. The quantitative estimate of drug-likeness (QED) is 0.459. The largest absolute Gasteiger partial charge is 0.418 e. The summed E-state index contributed by atoms with van der Waals surface area (Å²) >= 11 is 0. The standard InChI is InChI=1S/C21H22F3N3O5S/c1-20(19(28)26-29,33(2,30)31)9-7-15-11-18(27-32-15)14-5-3-13(4-6-14)16-8-10-25-12-17(16)21(22,23)24/h3-6,8,10,12,15,29H,7,9,11H2,1-2H3,(H,26,28)/t15-,20+/m0/s1. The van der Waals surface area contributed by atoms with Crippen LogP contribution in [0.4, 0.5) is 13.2 Å². The third-order valence-corrected chi connectivity index (χ3v) is 7.76. The van der Waals surface area contributed by atoms with E-state index in [-0.39, 0.29) is 18.4 Å². The van der Waals surface area contributed by atoms with E-state index < -0.39 is 38.3 Å². The summed E-state index contributed by atoms with van der Waals surface area (Å²) in [4.78, 5) is 20.8. The fraction of sp³-hybridized carbons (Fsp3) is 0.381. The number of aromatic nitrogens is 1. The lowest BCUT2D eigenvalue weighted by Crippen LogP contribution is -2.49. The molecule has 178 valence electrons. The summed E-state index contributed by atoms with van der Waals surface area (Å²) in [6.45, 7) is 1.22. The van der Waals surface area contributed by atoms with Crippen molar-refractivity contribution >= 4 is 21.5 Å². The molecule has 2 aromatic rings. The average molecular weight is 485 g/mol. The SMILES string of the molecule is C[C@@](CC[C@H]1CC(c2ccc(-c3ccncc3C(F)(F)F)cc2)=NO1)(C(=O)NO)S(C)(=O)=O. The number of rotatable bonds is 7. The second-order valence-corrected chi connectivity index (χ2v) is 10.4. The van der Waals surface area contributed by atoms with Crippen LogP contribution in [0, 0.1) is 0 Å². The molecule has 2 heterocycles. The van der Waals surface area contributed by atoms with Gasteiger partial charge in [0.1, 0.15) is 10.9 Å². The Bertz CT molecular complexity index is 1170. The number of pyridine rings is 1. The monoisotopic (exact) mass is 485 g/mol. The number of carbonyl (C=O) groups excluding carboxylic acids is 1. The van der Waals surface area contributed by atoms with Gasteiger partial charge in [0.2, 0.25) is 0 Å². The summed E-state index contributed by atoms with van der Waals surface area (Å²) in [6.07, 6.45) is -1.66. The second-order valence-electron chi connectivity index (χ2n) is 7.95. The van der Waals surface area contributed by atoms with Crippen LogP contribution in [-0.2, 0) is 25.6 Å². The van der Waals surface area contributed by atoms with Crippen molar-refractivity contribution in [1.82, 2.24) is 10.5 Å². The van der Waals surface area contributed by atoms with E-state index in [0.29, 0.717) is 23.3 Å². The maximum absolute atomic E-state index is 13.3. The molecular formula is C21H22F3N3O5S. The number of hydrogen-bond donors (Lipinski definition) is 2. The average Bonchev–Trinajstić information content (AvgIpc) is 3.24. The summed E-state index contributed by atoms with van der Waals surface area (Å²) in [6, 6.07) is 7.64. The molecule has 3 rings (SSSR count).